The monoisotopic (exact) mass is 285 g/mol. The molecule has 0 amide bonds. The van der Waals surface area contributed by atoms with E-state index in [4.69, 9.17) is 15.3 Å². The van der Waals surface area contributed by atoms with Gasteiger partial charge in [-0.25, -0.2) is 9.13 Å². The van der Waals surface area contributed by atoms with Crippen LogP contribution in [0.15, 0.2) is 12.5 Å². The van der Waals surface area contributed by atoms with Crippen LogP contribution in [-0.2, 0) is 19.5 Å². The Morgan fingerprint density at radius 3 is 2.20 bits per heavy atom. The fourth-order valence-electron chi connectivity index (χ4n) is 2.30. The molecule has 1 aromatic heterocycles. The minimum atomic E-state index is 0.248. The molecule has 0 atom stereocenters. The van der Waals surface area contributed by atoms with Gasteiger partial charge in [-0.1, -0.05) is 0 Å². The number of aromatic nitrogens is 2. The lowest BCUT2D eigenvalue weighted by Gasteiger charge is -2.00. The molecule has 0 aliphatic rings. The maximum absolute atomic E-state index is 8.87. The Morgan fingerprint density at radius 2 is 1.50 bits per heavy atom. The van der Waals surface area contributed by atoms with Gasteiger partial charge < -0.3 is 15.3 Å². The molecule has 0 bridgehead atoms. The van der Waals surface area contributed by atoms with Crippen molar-refractivity contribution in [1.82, 2.24) is 4.57 Å². The molecule has 1 rings (SSSR count). The molecule has 0 unspecified atom stereocenters. The number of nitrogens with zero attached hydrogens (tertiary/aromatic N) is 2. The number of hydrogen-bond acceptors (Lipinski definition) is 3. The maximum atomic E-state index is 8.87. The fraction of sp³-hybridized carbons (Fsp3) is 0.800. The Balaban J connectivity index is 2.55. The summed E-state index contributed by atoms with van der Waals surface area (Å²) in [6, 6.07) is 0. The van der Waals surface area contributed by atoms with Crippen LogP contribution in [0.3, 0.4) is 0 Å². The Morgan fingerprint density at radius 1 is 0.850 bits per heavy atom. The maximum Gasteiger partial charge on any atom is 0.243 e. The van der Waals surface area contributed by atoms with Crippen molar-refractivity contribution in [3.05, 3.63) is 18.2 Å². The van der Waals surface area contributed by atoms with E-state index in [2.05, 4.69) is 21.7 Å². The summed E-state index contributed by atoms with van der Waals surface area (Å²) in [5, 5.41) is 26.6. The van der Waals surface area contributed by atoms with Crippen molar-refractivity contribution in [3.63, 3.8) is 0 Å². The molecule has 1 aromatic rings. The van der Waals surface area contributed by atoms with Crippen molar-refractivity contribution < 1.29 is 19.9 Å². The van der Waals surface area contributed by atoms with Crippen molar-refractivity contribution in [2.45, 2.75) is 58.0 Å². The summed E-state index contributed by atoms with van der Waals surface area (Å²) in [7, 11) is 0. The van der Waals surface area contributed by atoms with Crippen molar-refractivity contribution in [3.8, 4) is 0 Å². The summed E-state index contributed by atoms with van der Waals surface area (Å²) < 4.78 is 4.44. The molecule has 1 heterocycles. The van der Waals surface area contributed by atoms with E-state index in [1.54, 1.807) is 0 Å². The molecule has 0 saturated carbocycles. The van der Waals surface area contributed by atoms with Gasteiger partial charge in [0.25, 0.3) is 0 Å². The number of hydrogen-bond donors (Lipinski definition) is 3. The number of rotatable bonds is 12. The first-order valence-electron chi connectivity index (χ1n) is 7.72. The Bertz CT molecular complexity index is 325. The molecule has 3 N–H and O–H groups in total. The van der Waals surface area contributed by atoms with E-state index in [0.717, 1.165) is 58.0 Å². The van der Waals surface area contributed by atoms with E-state index >= 15 is 0 Å². The van der Waals surface area contributed by atoms with Gasteiger partial charge in [0.05, 0.1) is 13.1 Å². The van der Waals surface area contributed by atoms with Crippen LogP contribution in [0.1, 0.15) is 44.2 Å². The number of imidazole rings is 1. The second-order valence-electron chi connectivity index (χ2n) is 5.21. The first-order valence-corrected chi connectivity index (χ1v) is 7.72. The van der Waals surface area contributed by atoms with Gasteiger partial charge in [-0.2, -0.15) is 0 Å². The van der Waals surface area contributed by atoms with E-state index in [0.29, 0.717) is 0 Å². The number of unbranched alkanes of at least 4 members (excludes halogenated alkanes) is 3. The van der Waals surface area contributed by atoms with Crippen LogP contribution in [0.2, 0.25) is 0 Å². The van der Waals surface area contributed by atoms with Crippen LogP contribution in [-0.4, -0.2) is 39.7 Å². The van der Waals surface area contributed by atoms with Crippen LogP contribution in [0.25, 0.3) is 0 Å². The Labute approximate surface area is 121 Å². The van der Waals surface area contributed by atoms with Gasteiger partial charge in [0.1, 0.15) is 11.9 Å². The highest BCUT2D eigenvalue weighted by molar-refractivity contribution is 4.94. The molecule has 0 radical (unpaired) electrons. The Kier molecular flexibility index (Phi) is 9.28. The predicted octanol–water partition coefficient (Wildman–Crippen LogP) is 0.636. The summed E-state index contributed by atoms with van der Waals surface area (Å²) in [5.74, 6) is 0. The van der Waals surface area contributed by atoms with Gasteiger partial charge >= 0.3 is 0 Å². The van der Waals surface area contributed by atoms with Gasteiger partial charge in [0, 0.05) is 26.2 Å². The average molecular weight is 285 g/mol. The zero-order valence-electron chi connectivity index (χ0n) is 12.4. The SMILES string of the molecule is OCCCCc1c[n+](CCCCO)cn1CCCCO. The van der Waals surface area contributed by atoms with Crippen molar-refractivity contribution in [1.29, 1.82) is 0 Å². The minimum Gasteiger partial charge on any atom is -0.396 e. The third-order valence-corrected chi connectivity index (χ3v) is 3.44. The van der Waals surface area contributed by atoms with Crippen LogP contribution in [0, 0.1) is 0 Å². The second kappa shape index (κ2) is 10.8. The van der Waals surface area contributed by atoms with Gasteiger partial charge in [-0.15, -0.1) is 0 Å². The smallest absolute Gasteiger partial charge is 0.243 e. The summed E-state index contributed by atoms with van der Waals surface area (Å²) in [6.45, 7) is 2.61. The molecule has 5 heteroatoms. The number of aryl methyl sites for hydroxylation is 3. The molecule has 0 aromatic carbocycles. The lowest BCUT2D eigenvalue weighted by atomic mass is 10.2. The van der Waals surface area contributed by atoms with Crippen molar-refractivity contribution in [2.24, 2.45) is 0 Å². The van der Waals surface area contributed by atoms with Gasteiger partial charge in [-0.05, 0) is 38.5 Å². The third kappa shape index (κ3) is 6.50. The van der Waals surface area contributed by atoms with E-state index in [9.17, 15) is 0 Å². The lowest BCUT2D eigenvalue weighted by molar-refractivity contribution is -0.697. The third-order valence-electron chi connectivity index (χ3n) is 3.44. The van der Waals surface area contributed by atoms with Crippen LogP contribution in [0.4, 0.5) is 0 Å². The van der Waals surface area contributed by atoms with Gasteiger partial charge in [0.15, 0.2) is 0 Å². The topological polar surface area (TPSA) is 69.5 Å². The summed E-state index contributed by atoms with van der Waals surface area (Å²) in [4.78, 5) is 0. The first kappa shape index (κ1) is 17.1. The molecule has 0 fully saturated rings. The molecule has 5 nitrogen and oxygen atoms in total. The molecular formula is C15H29N2O3+. The van der Waals surface area contributed by atoms with Crippen LogP contribution >= 0.6 is 0 Å². The van der Waals surface area contributed by atoms with Gasteiger partial charge in [0.2, 0.25) is 6.33 Å². The van der Waals surface area contributed by atoms with Gasteiger partial charge in [-0.3, -0.25) is 0 Å². The highest BCUT2D eigenvalue weighted by atomic mass is 16.3. The molecule has 0 saturated heterocycles. The zero-order chi connectivity index (χ0) is 14.6. The largest absolute Gasteiger partial charge is 0.396 e. The van der Waals surface area contributed by atoms with E-state index < -0.39 is 0 Å². The quantitative estimate of drug-likeness (QED) is 0.390. The molecule has 116 valence electrons. The number of aliphatic hydroxyl groups excluding tert-OH is 3. The van der Waals surface area contributed by atoms with Crippen LogP contribution < -0.4 is 4.57 Å². The summed E-state index contributed by atoms with van der Waals surface area (Å²) in [6.07, 6.45) is 10.8. The molecule has 0 spiro atoms. The second-order valence-corrected chi connectivity index (χ2v) is 5.21. The summed E-state index contributed by atoms with van der Waals surface area (Å²) >= 11 is 0. The van der Waals surface area contributed by atoms with E-state index in [-0.39, 0.29) is 19.8 Å². The molecule has 20 heavy (non-hydrogen) atoms. The lowest BCUT2D eigenvalue weighted by Crippen LogP contribution is -2.31. The van der Waals surface area contributed by atoms with Crippen molar-refractivity contribution >= 4 is 0 Å². The first-order chi connectivity index (χ1) is 9.81. The molecule has 0 aliphatic heterocycles. The molecular weight excluding hydrogens is 256 g/mol. The number of aliphatic hydroxyl groups is 3. The average Bonchev–Trinajstić information content (AvgIpc) is 2.82. The highest BCUT2D eigenvalue weighted by Crippen LogP contribution is 2.06. The standard InChI is InChI=1S/C15H29N2O3/c18-10-4-1-7-15-13-16(8-2-5-11-19)14-17(15)9-3-6-12-20/h13-14,18-20H,1-12H2/q+1. The highest BCUT2D eigenvalue weighted by Gasteiger charge is 2.12. The summed E-state index contributed by atoms with van der Waals surface area (Å²) in [5.41, 5.74) is 1.29. The predicted molar refractivity (Wildman–Crippen MR) is 77.3 cm³/mol. The fourth-order valence-corrected chi connectivity index (χ4v) is 2.30. The zero-order valence-corrected chi connectivity index (χ0v) is 12.4. The molecule has 0 aliphatic carbocycles. The Hall–Kier alpha value is -0.910. The normalized spacial score (nSPS) is 11.2. The van der Waals surface area contributed by atoms with E-state index in [1.807, 2.05) is 0 Å². The minimum absolute atomic E-state index is 0.248. The van der Waals surface area contributed by atoms with E-state index in [1.165, 1.54) is 5.69 Å². The van der Waals surface area contributed by atoms with Crippen molar-refractivity contribution in [2.75, 3.05) is 19.8 Å². The van der Waals surface area contributed by atoms with Crippen LogP contribution in [0.5, 0.6) is 0 Å².